The third-order valence-corrected chi connectivity index (χ3v) is 3.30. The van der Waals surface area contributed by atoms with Crippen molar-refractivity contribution in [3.05, 3.63) is 59.2 Å². The second-order valence-corrected chi connectivity index (χ2v) is 5.24. The van der Waals surface area contributed by atoms with Crippen LogP contribution in [0.1, 0.15) is 36.6 Å². The summed E-state index contributed by atoms with van der Waals surface area (Å²) in [5.74, 6) is 0.926. The molecule has 0 saturated heterocycles. The maximum absolute atomic E-state index is 5.47. The monoisotopic (exact) mass is 269 g/mol. The molecule has 0 radical (unpaired) electrons. The lowest BCUT2D eigenvalue weighted by Gasteiger charge is -2.17. The average Bonchev–Trinajstić information content (AvgIpc) is 2.38. The first-order valence-electron chi connectivity index (χ1n) is 7.16. The number of benzene rings is 2. The van der Waals surface area contributed by atoms with Gasteiger partial charge in [0.1, 0.15) is 5.75 Å². The zero-order valence-corrected chi connectivity index (χ0v) is 12.7. The van der Waals surface area contributed by atoms with Crippen molar-refractivity contribution >= 4 is 5.69 Å². The predicted octanol–water partition coefficient (Wildman–Crippen LogP) is 4.88. The molecule has 0 aliphatic heterocycles. The molecule has 106 valence electrons. The van der Waals surface area contributed by atoms with Crippen LogP contribution in [0, 0.1) is 13.8 Å². The topological polar surface area (TPSA) is 21.3 Å². The van der Waals surface area contributed by atoms with Gasteiger partial charge in [0.05, 0.1) is 6.61 Å². The summed E-state index contributed by atoms with van der Waals surface area (Å²) in [5.41, 5.74) is 4.99. The van der Waals surface area contributed by atoms with Crippen LogP contribution >= 0.6 is 0 Å². The van der Waals surface area contributed by atoms with Crippen molar-refractivity contribution in [2.75, 3.05) is 11.9 Å². The predicted molar refractivity (Wildman–Crippen MR) is 85.6 cm³/mol. The summed E-state index contributed by atoms with van der Waals surface area (Å²) in [4.78, 5) is 0. The molecule has 0 bridgehead atoms. The van der Waals surface area contributed by atoms with Gasteiger partial charge >= 0.3 is 0 Å². The van der Waals surface area contributed by atoms with Gasteiger partial charge in [-0.1, -0.05) is 18.2 Å². The number of aryl methyl sites for hydroxylation is 2. The highest BCUT2D eigenvalue weighted by molar-refractivity contribution is 5.50. The highest BCUT2D eigenvalue weighted by Crippen LogP contribution is 2.23. The second-order valence-electron chi connectivity index (χ2n) is 5.24. The Morgan fingerprint density at radius 1 is 1.00 bits per heavy atom. The van der Waals surface area contributed by atoms with Crippen molar-refractivity contribution in [1.82, 2.24) is 0 Å². The molecule has 2 aromatic carbocycles. The minimum atomic E-state index is 0.270. The van der Waals surface area contributed by atoms with Crippen LogP contribution in [0.2, 0.25) is 0 Å². The van der Waals surface area contributed by atoms with E-state index in [1.54, 1.807) is 0 Å². The number of hydrogen-bond donors (Lipinski definition) is 1. The van der Waals surface area contributed by atoms with Gasteiger partial charge in [0, 0.05) is 11.7 Å². The lowest BCUT2D eigenvalue weighted by molar-refractivity contribution is 0.340. The molecule has 0 heterocycles. The summed E-state index contributed by atoms with van der Waals surface area (Å²) >= 11 is 0. The van der Waals surface area contributed by atoms with E-state index in [4.69, 9.17) is 4.74 Å². The Morgan fingerprint density at radius 3 is 2.15 bits per heavy atom. The number of nitrogens with one attached hydrogen (secondary N) is 1. The zero-order chi connectivity index (χ0) is 14.5. The van der Waals surface area contributed by atoms with Crippen LogP contribution in [0.25, 0.3) is 0 Å². The fraction of sp³-hybridized carbons (Fsp3) is 0.333. The van der Waals surface area contributed by atoms with E-state index < -0.39 is 0 Å². The highest BCUT2D eigenvalue weighted by Gasteiger charge is 2.06. The molecule has 1 unspecified atom stereocenters. The van der Waals surface area contributed by atoms with Crippen LogP contribution in [-0.4, -0.2) is 6.61 Å². The summed E-state index contributed by atoms with van der Waals surface area (Å²) in [6, 6.07) is 15.1. The van der Waals surface area contributed by atoms with E-state index in [0.717, 1.165) is 5.75 Å². The molecular weight excluding hydrogens is 246 g/mol. The zero-order valence-electron chi connectivity index (χ0n) is 12.7. The summed E-state index contributed by atoms with van der Waals surface area (Å²) in [6.45, 7) is 9.13. The van der Waals surface area contributed by atoms with Gasteiger partial charge in [-0.2, -0.15) is 0 Å². The molecule has 20 heavy (non-hydrogen) atoms. The normalized spacial score (nSPS) is 12.0. The average molecular weight is 269 g/mol. The van der Waals surface area contributed by atoms with E-state index >= 15 is 0 Å². The third-order valence-electron chi connectivity index (χ3n) is 3.30. The van der Waals surface area contributed by atoms with Gasteiger partial charge in [0.2, 0.25) is 0 Å². The first-order valence-corrected chi connectivity index (χ1v) is 7.16. The molecule has 1 N–H and O–H groups in total. The summed E-state index contributed by atoms with van der Waals surface area (Å²) in [7, 11) is 0. The largest absolute Gasteiger partial charge is 0.494 e. The summed E-state index contributed by atoms with van der Waals surface area (Å²) in [5, 5.41) is 3.55. The molecule has 0 saturated carbocycles. The van der Waals surface area contributed by atoms with Crippen molar-refractivity contribution in [2.24, 2.45) is 0 Å². The van der Waals surface area contributed by atoms with Crippen LogP contribution in [0.5, 0.6) is 5.75 Å². The molecule has 0 spiro atoms. The molecule has 0 aliphatic rings. The lowest BCUT2D eigenvalue weighted by Crippen LogP contribution is -2.07. The summed E-state index contributed by atoms with van der Waals surface area (Å²) in [6.07, 6.45) is 0. The van der Waals surface area contributed by atoms with Crippen LogP contribution in [0.4, 0.5) is 5.69 Å². The second kappa shape index (κ2) is 6.47. The fourth-order valence-corrected chi connectivity index (χ4v) is 2.41. The maximum atomic E-state index is 5.47. The Kier molecular flexibility index (Phi) is 4.67. The summed E-state index contributed by atoms with van der Waals surface area (Å²) < 4.78 is 5.47. The van der Waals surface area contributed by atoms with Crippen molar-refractivity contribution in [3.63, 3.8) is 0 Å². The van der Waals surface area contributed by atoms with Crippen LogP contribution in [0.3, 0.4) is 0 Å². The minimum Gasteiger partial charge on any atom is -0.494 e. The molecule has 0 aliphatic carbocycles. The lowest BCUT2D eigenvalue weighted by atomic mass is 10.1. The SMILES string of the molecule is CCOc1ccc(C(C)Nc2cc(C)cc(C)c2)cc1. The molecule has 0 fully saturated rings. The first kappa shape index (κ1) is 14.4. The molecule has 2 aromatic rings. The molecule has 2 heteroatoms. The van der Waals surface area contributed by atoms with Gasteiger partial charge in [0.15, 0.2) is 0 Å². The van der Waals surface area contributed by atoms with Gasteiger partial charge in [-0.05, 0) is 68.7 Å². The van der Waals surface area contributed by atoms with Crippen molar-refractivity contribution in [1.29, 1.82) is 0 Å². The molecular formula is C18H23NO. The van der Waals surface area contributed by atoms with E-state index in [1.165, 1.54) is 22.4 Å². The van der Waals surface area contributed by atoms with E-state index in [9.17, 15) is 0 Å². The quantitative estimate of drug-likeness (QED) is 0.835. The minimum absolute atomic E-state index is 0.270. The highest BCUT2D eigenvalue weighted by atomic mass is 16.5. The molecule has 0 amide bonds. The van der Waals surface area contributed by atoms with Gasteiger partial charge in [-0.25, -0.2) is 0 Å². The van der Waals surface area contributed by atoms with Crippen LogP contribution in [-0.2, 0) is 0 Å². The smallest absolute Gasteiger partial charge is 0.119 e. The third kappa shape index (κ3) is 3.77. The van der Waals surface area contributed by atoms with Crippen LogP contribution in [0.15, 0.2) is 42.5 Å². The Hall–Kier alpha value is -1.96. The molecule has 0 aromatic heterocycles. The number of ether oxygens (including phenoxy) is 1. The Bertz CT molecular complexity index is 540. The van der Waals surface area contributed by atoms with E-state index in [1.807, 2.05) is 19.1 Å². The Labute approximate surface area is 121 Å². The Morgan fingerprint density at radius 2 is 1.60 bits per heavy atom. The van der Waals surface area contributed by atoms with E-state index in [0.29, 0.717) is 6.61 Å². The fourth-order valence-electron chi connectivity index (χ4n) is 2.41. The molecule has 2 rings (SSSR count). The van der Waals surface area contributed by atoms with Gasteiger partial charge < -0.3 is 10.1 Å². The maximum Gasteiger partial charge on any atom is 0.119 e. The molecule has 1 atom stereocenters. The van der Waals surface area contributed by atoms with E-state index in [-0.39, 0.29) is 6.04 Å². The van der Waals surface area contributed by atoms with E-state index in [2.05, 4.69) is 56.4 Å². The van der Waals surface area contributed by atoms with Gasteiger partial charge in [-0.3, -0.25) is 0 Å². The first-order chi connectivity index (χ1) is 9.58. The van der Waals surface area contributed by atoms with Crippen LogP contribution < -0.4 is 10.1 Å². The van der Waals surface area contributed by atoms with Crippen molar-refractivity contribution < 1.29 is 4.74 Å². The number of hydrogen-bond acceptors (Lipinski definition) is 2. The number of anilines is 1. The Balaban J connectivity index is 2.08. The van der Waals surface area contributed by atoms with Crippen molar-refractivity contribution in [2.45, 2.75) is 33.7 Å². The van der Waals surface area contributed by atoms with Gasteiger partial charge in [0.25, 0.3) is 0 Å². The van der Waals surface area contributed by atoms with Crippen molar-refractivity contribution in [3.8, 4) is 5.75 Å². The number of rotatable bonds is 5. The van der Waals surface area contributed by atoms with Gasteiger partial charge in [-0.15, -0.1) is 0 Å². The molecule has 2 nitrogen and oxygen atoms in total. The standard InChI is InChI=1S/C18H23NO/c1-5-20-18-8-6-16(7-9-18)15(4)19-17-11-13(2)10-14(3)12-17/h6-12,15,19H,5H2,1-4H3.